The van der Waals surface area contributed by atoms with E-state index in [1.807, 2.05) is 0 Å². The molecule has 1 fully saturated rings. The molecule has 0 aliphatic carbocycles. The summed E-state index contributed by atoms with van der Waals surface area (Å²) in [6, 6.07) is 5.23. The van der Waals surface area contributed by atoms with Crippen LogP contribution in [0.2, 0.25) is 0 Å². The predicted molar refractivity (Wildman–Crippen MR) is 117 cm³/mol. The third-order valence-corrected chi connectivity index (χ3v) is 5.27. The van der Waals surface area contributed by atoms with Crippen LogP contribution < -0.4 is 10.6 Å². The Morgan fingerprint density at radius 3 is 2.50 bits per heavy atom. The molecule has 3 N–H and O–H groups in total. The topological polar surface area (TPSA) is 101 Å². The molecule has 1 saturated heterocycles. The molecule has 1 aromatic carbocycles. The van der Waals surface area contributed by atoms with Crippen molar-refractivity contribution in [2.24, 2.45) is 6.98 Å². The summed E-state index contributed by atoms with van der Waals surface area (Å²) < 4.78 is 23.2. The van der Waals surface area contributed by atoms with Crippen LogP contribution in [0.15, 0.2) is 36.8 Å². The lowest BCUT2D eigenvalue weighted by atomic mass is 9.80. The van der Waals surface area contributed by atoms with Crippen molar-refractivity contribution in [1.29, 1.82) is 0 Å². The summed E-state index contributed by atoms with van der Waals surface area (Å²) in [7, 11) is 0. The van der Waals surface area contributed by atoms with Gasteiger partial charge in [0.2, 0.25) is 5.95 Å². The number of nitrogens with zero attached hydrogens (tertiary/aromatic N) is 5. The second-order valence-electron chi connectivity index (χ2n) is 9.21. The number of aromatic hydroxyl groups is 1. The first-order valence-corrected chi connectivity index (χ1v) is 9.96. The number of aromatic nitrogens is 5. The highest BCUT2D eigenvalue weighted by Crippen LogP contribution is 2.33. The molecule has 0 unspecified atom stereocenters. The van der Waals surface area contributed by atoms with E-state index in [0.717, 1.165) is 17.5 Å². The van der Waals surface area contributed by atoms with Crippen LogP contribution in [0.25, 0.3) is 22.4 Å². The highest BCUT2D eigenvalue weighted by atomic mass is 16.3. The third kappa shape index (κ3) is 4.43. The fraction of sp³-hybridized carbons (Fsp3) is 0.455. The summed E-state index contributed by atoms with van der Waals surface area (Å²) in [6.07, 6.45) is 6.32. The first-order chi connectivity index (χ1) is 15.3. The van der Waals surface area contributed by atoms with Gasteiger partial charge in [0.15, 0.2) is 0 Å². The van der Waals surface area contributed by atoms with E-state index in [0.29, 0.717) is 28.3 Å². The third-order valence-electron chi connectivity index (χ3n) is 5.27. The first kappa shape index (κ1) is 16.8. The van der Waals surface area contributed by atoms with Gasteiger partial charge in [0.25, 0.3) is 0 Å². The number of hydrogen-bond donors (Lipinski definition) is 3. The maximum atomic E-state index is 10.6. The van der Waals surface area contributed by atoms with E-state index in [1.165, 1.54) is 12.4 Å². The number of aryl methyl sites for hydroxylation is 1. The Kier molecular flexibility index (Phi) is 4.11. The molecule has 8 nitrogen and oxygen atoms in total. The Labute approximate surface area is 181 Å². The second-order valence-corrected chi connectivity index (χ2v) is 9.21. The van der Waals surface area contributed by atoms with Crippen molar-refractivity contribution in [2.45, 2.75) is 57.7 Å². The van der Waals surface area contributed by atoms with Gasteiger partial charge in [-0.1, -0.05) is 6.07 Å². The van der Waals surface area contributed by atoms with Crippen LogP contribution in [0.5, 0.6) is 5.75 Å². The number of anilines is 1. The molecule has 3 aromatic rings. The van der Waals surface area contributed by atoms with Gasteiger partial charge >= 0.3 is 0 Å². The number of phenols is 1. The summed E-state index contributed by atoms with van der Waals surface area (Å²) in [6.45, 7) is 6.39. The van der Waals surface area contributed by atoms with Crippen LogP contribution in [0.3, 0.4) is 0 Å². The van der Waals surface area contributed by atoms with Gasteiger partial charge < -0.3 is 15.7 Å². The van der Waals surface area contributed by atoms with Gasteiger partial charge in [0, 0.05) is 45.5 Å². The van der Waals surface area contributed by atoms with Crippen molar-refractivity contribution in [1.82, 2.24) is 30.3 Å². The largest absolute Gasteiger partial charge is 0.507 e. The molecule has 158 valence electrons. The van der Waals surface area contributed by atoms with Gasteiger partial charge in [0.05, 0.1) is 12.4 Å². The molecule has 3 heterocycles. The molecule has 1 aliphatic heterocycles. The Bertz CT molecular complexity index is 1120. The zero-order valence-corrected chi connectivity index (χ0v) is 17.6. The summed E-state index contributed by atoms with van der Waals surface area (Å²) in [5, 5.41) is 29.9. The summed E-state index contributed by atoms with van der Waals surface area (Å²) in [5.41, 5.74) is 2.15. The molecule has 0 bridgehead atoms. The molecule has 0 saturated carbocycles. The maximum absolute atomic E-state index is 10.6. The monoisotopic (exact) mass is 410 g/mol. The minimum Gasteiger partial charge on any atom is -0.507 e. The molecule has 2 aromatic heterocycles. The first-order valence-electron chi connectivity index (χ1n) is 11.5. The number of hydrogen-bond acceptors (Lipinski definition) is 7. The summed E-state index contributed by atoms with van der Waals surface area (Å²) in [5.74, 6) is 0.443. The van der Waals surface area contributed by atoms with Crippen LogP contribution >= 0.6 is 0 Å². The Morgan fingerprint density at radius 1 is 1.13 bits per heavy atom. The minimum atomic E-state index is -2.35. The fourth-order valence-electron chi connectivity index (χ4n) is 4.47. The quantitative estimate of drug-likeness (QED) is 0.606. The normalized spacial score (nSPS) is 20.2. The predicted octanol–water partition coefficient (Wildman–Crippen LogP) is 3.37. The Hall–Kier alpha value is -3.00. The van der Waals surface area contributed by atoms with Crippen molar-refractivity contribution in [2.75, 3.05) is 5.32 Å². The molecule has 1 aliphatic rings. The van der Waals surface area contributed by atoms with Gasteiger partial charge in [-0.3, -0.25) is 4.68 Å². The van der Waals surface area contributed by atoms with Crippen LogP contribution in [0.4, 0.5) is 5.95 Å². The molecule has 0 radical (unpaired) electrons. The summed E-state index contributed by atoms with van der Waals surface area (Å²) in [4.78, 5) is 4.40. The standard InChI is InChI=1S/C22H29N7O/c1-21(2)9-16(10-22(3,4)28-21)25-20-23-12-18(26-27-20)17-7-6-14(8-19(17)30)15-11-24-29(5)13-15/h6-8,11-13,16,28,30H,9-10H2,1-5H3,(H,23,25,27)/i5D3. The lowest BCUT2D eigenvalue weighted by Gasteiger charge is -2.46. The molecular weight excluding hydrogens is 378 g/mol. The average Bonchev–Trinajstić information content (AvgIpc) is 3.17. The molecule has 30 heavy (non-hydrogen) atoms. The number of rotatable bonds is 4. The van der Waals surface area contributed by atoms with Crippen molar-refractivity contribution in [3.05, 3.63) is 36.8 Å². The Balaban J connectivity index is 1.49. The van der Waals surface area contributed by atoms with E-state index in [-0.39, 0.29) is 22.9 Å². The van der Waals surface area contributed by atoms with E-state index in [4.69, 9.17) is 4.11 Å². The summed E-state index contributed by atoms with van der Waals surface area (Å²) >= 11 is 0. The van der Waals surface area contributed by atoms with Crippen molar-refractivity contribution in [3.63, 3.8) is 0 Å². The lowest BCUT2D eigenvalue weighted by molar-refractivity contribution is 0.170. The number of nitrogens with one attached hydrogen (secondary N) is 2. The van der Waals surface area contributed by atoms with Gasteiger partial charge in [0.1, 0.15) is 11.4 Å². The van der Waals surface area contributed by atoms with Gasteiger partial charge in [-0.25, -0.2) is 4.98 Å². The molecular formula is C22H29N7O. The van der Waals surface area contributed by atoms with Crippen LogP contribution in [-0.2, 0) is 6.98 Å². The SMILES string of the molecule is [2H]C([2H])([2H])n1cc(-c2ccc(-c3cnc(NC4CC(C)(C)NC(C)(C)C4)nn3)c(O)c2)cn1. The highest BCUT2D eigenvalue weighted by Gasteiger charge is 2.37. The van der Waals surface area contributed by atoms with Crippen molar-refractivity contribution in [3.8, 4) is 28.1 Å². The van der Waals surface area contributed by atoms with E-state index < -0.39 is 6.98 Å². The average molecular weight is 411 g/mol. The van der Waals surface area contributed by atoms with E-state index in [2.05, 4.69) is 58.6 Å². The number of benzene rings is 1. The second kappa shape index (κ2) is 7.36. The van der Waals surface area contributed by atoms with Gasteiger partial charge in [-0.15, -0.1) is 10.2 Å². The van der Waals surface area contributed by atoms with Gasteiger partial charge in [-0.2, -0.15) is 5.10 Å². The maximum Gasteiger partial charge on any atom is 0.242 e. The smallest absolute Gasteiger partial charge is 0.242 e. The zero-order chi connectivity index (χ0) is 24.0. The van der Waals surface area contributed by atoms with Crippen LogP contribution in [0, 0.1) is 0 Å². The minimum absolute atomic E-state index is 0.000307. The highest BCUT2D eigenvalue weighted by molar-refractivity contribution is 5.73. The Morgan fingerprint density at radius 2 is 1.90 bits per heavy atom. The number of phenolic OH excluding ortho intramolecular Hbond substituents is 1. The zero-order valence-electron chi connectivity index (χ0n) is 20.6. The van der Waals surface area contributed by atoms with Crippen molar-refractivity contribution < 1.29 is 9.22 Å². The van der Waals surface area contributed by atoms with Crippen LogP contribution in [0.1, 0.15) is 44.6 Å². The lowest BCUT2D eigenvalue weighted by Crippen LogP contribution is -2.60. The van der Waals surface area contributed by atoms with E-state index in [9.17, 15) is 5.11 Å². The molecule has 0 spiro atoms. The molecule has 0 atom stereocenters. The van der Waals surface area contributed by atoms with Gasteiger partial charge in [-0.05, 0) is 58.2 Å². The molecule has 4 rings (SSSR count). The molecule has 8 heteroatoms. The molecule has 0 amide bonds. The number of piperidine rings is 1. The van der Waals surface area contributed by atoms with E-state index in [1.54, 1.807) is 24.4 Å². The fourth-order valence-corrected chi connectivity index (χ4v) is 4.47. The van der Waals surface area contributed by atoms with E-state index >= 15 is 0 Å². The van der Waals surface area contributed by atoms with Crippen LogP contribution in [-0.4, -0.2) is 47.2 Å². The van der Waals surface area contributed by atoms with Crippen molar-refractivity contribution >= 4 is 5.95 Å².